The van der Waals surface area contributed by atoms with Crippen molar-refractivity contribution < 1.29 is 4.74 Å². The van der Waals surface area contributed by atoms with Crippen LogP contribution in [-0.2, 0) is 11.3 Å². The first-order chi connectivity index (χ1) is 15.4. The van der Waals surface area contributed by atoms with Crippen LogP contribution in [0.3, 0.4) is 0 Å². The van der Waals surface area contributed by atoms with E-state index in [1.807, 2.05) is 43.5 Å². The molecular formula is C23H31N7O2. The summed E-state index contributed by atoms with van der Waals surface area (Å²) < 4.78 is 6.80. The molecule has 0 radical (unpaired) electrons. The third kappa shape index (κ3) is 5.35. The van der Waals surface area contributed by atoms with E-state index in [2.05, 4.69) is 32.5 Å². The summed E-state index contributed by atoms with van der Waals surface area (Å²) in [4.78, 5) is 24.0. The molecule has 170 valence electrons. The maximum Gasteiger partial charge on any atom is 0.354 e. The van der Waals surface area contributed by atoms with Gasteiger partial charge in [0, 0.05) is 35.8 Å². The topological polar surface area (TPSA) is 122 Å². The van der Waals surface area contributed by atoms with Crippen LogP contribution in [0.4, 0.5) is 0 Å². The Balaban J connectivity index is 1.20. The molecule has 2 aromatic heterocycles. The normalized spacial score (nSPS) is 15.6. The van der Waals surface area contributed by atoms with Crippen LogP contribution < -0.4 is 22.1 Å². The highest BCUT2D eigenvalue weighted by atomic mass is 16.5. The van der Waals surface area contributed by atoms with E-state index in [1.54, 1.807) is 4.57 Å². The molecule has 0 unspecified atom stereocenters. The largest absolute Gasteiger partial charge is 0.380 e. The Kier molecular flexibility index (Phi) is 6.57. The average molecular weight is 438 g/mol. The van der Waals surface area contributed by atoms with Crippen molar-refractivity contribution >= 4 is 17.0 Å². The van der Waals surface area contributed by atoms with Gasteiger partial charge in [0.05, 0.1) is 25.4 Å². The van der Waals surface area contributed by atoms with E-state index < -0.39 is 0 Å². The zero-order valence-electron chi connectivity index (χ0n) is 18.6. The Bertz CT molecular complexity index is 1140. The monoisotopic (exact) mass is 437 g/mol. The molecule has 4 rings (SSSR count). The Labute approximate surface area is 187 Å². The van der Waals surface area contributed by atoms with E-state index in [9.17, 15) is 4.79 Å². The molecule has 0 spiro atoms. The number of guanidine groups is 1. The molecule has 0 saturated carbocycles. The molecule has 1 saturated heterocycles. The van der Waals surface area contributed by atoms with Crippen LogP contribution in [0.2, 0.25) is 0 Å². The fourth-order valence-corrected chi connectivity index (χ4v) is 3.63. The standard InChI is InChI=1S/C23H31N7O2/c1-16-10-18-12-30(22(31)29-20(18)28-16)19-6-4-17(5-7-19)11-25-8-3-9-26-21(24)27-13-23(2)14-32-15-23/h4-7,10,12,25H,3,8-9,11,13-15H2,1-2H3,(H3,24,26,27)(H,28,29,31). The van der Waals surface area contributed by atoms with Gasteiger partial charge in [0.15, 0.2) is 5.96 Å². The third-order valence-electron chi connectivity index (χ3n) is 5.55. The number of nitrogens with one attached hydrogen (secondary N) is 3. The molecule has 0 aliphatic carbocycles. The summed E-state index contributed by atoms with van der Waals surface area (Å²) in [5.74, 6) is 0.492. The molecule has 32 heavy (non-hydrogen) atoms. The Morgan fingerprint density at radius 1 is 1.31 bits per heavy atom. The lowest BCUT2D eigenvalue weighted by Crippen LogP contribution is -2.43. The highest BCUT2D eigenvalue weighted by Gasteiger charge is 2.32. The van der Waals surface area contributed by atoms with Crippen LogP contribution in [0.1, 0.15) is 24.6 Å². The first-order valence-electron chi connectivity index (χ1n) is 10.9. The van der Waals surface area contributed by atoms with E-state index in [0.29, 0.717) is 18.2 Å². The number of hydrogen-bond acceptors (Lipinski definition) is 5. The Morgan fingerprint density at radius 2 is 2.09 bits per heavy atom. The number of hydrogen-bond donors (Lipinski definition) is 4. The van der Waals surface area contributed by atoms with Crippen LogP contribution in [0.25, 0.3) is 16.7 Å². The van der Waals surface area contributed by atoms with Gasteiger partial charge in [0.2, 0.25) is 0 Å². The van der Waals surface area contributed by atoms with Crippen LogP contribution >= 0.6 is 0 Å². The predicted octanol–water partition coefficient (Wildman–Crippen LogP) is 1.44. The molecule has 9 heteroatoms. The molecule has 1 aliphatic rings. The van der Waals surface area contributed by atoms with Crippen LogP contribution in [-0.4, -0.2) is 53.3 Å². The summed E-state index contributed by atoms with van der Waals surface area (Å²) in [6.07, 6.45) is 2.76. The molecule has 9 nitrogen and oxygen atoms in total. The number of nitrogens with two attached hydrogens (primary N) is 1. The van der Waals surface area contributed by atoms with E-state index >= 15 is 0 Å². The summed E-state index contributed by atoms with van der Waals surface area (Å²) in [6.45, 7) is 8.69. The number of aromatic amines is 1. The van der Waals surface area contributed by atoms with Crippen molar-refractivity contribution in [2.75, 3.05) is 32.8 Å². The number of aromatic nitrogens is 3. The molecule has 5 N–H and O–H groups in total. The van der Waals surface area contributed by atoms with Crippen molar-refractivity contribution in [3.63, 3.8) is 0 Å². The van der Waals surface area contributed by atoms with Crippen LogP contribution in [0.5, 0.6) is 0 Å². The van der Waals surface area contributed by atoms with Gasteiger partial charge in [-0.15, -0.1) is 0 Å². The zero-order valence-corrected chi connectivity index (χ0v) is 18.6. The Morgan fingerprint density at radius 3 is 2.81 bits per heavy atom. The summed E-state index contributed by atoms with van der Waals surface area (Å²) >= 11 is 0. The van der Waals surface area contributed by atoms with Crippen molar-refractivity contribution in [1.82, 2.24) is 25.2 Å². The first kappa shape index (κ1) is 22.0. The van der Waals surface area contributed by atoms with Gasteiger partial charge in [0.25, 0.3) is 0 Å². The number of aryl methyl sites for hydroxylation is 1. The average Bonchev–Trinajstić information content (AvgIpc) is 3.12. The van der Waals surface area contributed by atoms with Crippen molar-refractivity contribution in [3.05, 3.63) is 58.3 Å². The van der Waals surface area contributed by atoms with Crippen molar-refractivity contribution in [2.24, 2.45) is 16.1 Å². The van der Waals surface area contributed by atoms with Gasteiger partial charge < -0.3 is 26.1 Å². The van der Waals surface area contributed by atoms with Crippen LogP contribution in [0.15, 0.2) is 46.3 Å². The number of ether oxygens (including phenoxy) is 1. The smallest absolute Gasteiger partial charge is 0.354 e. The quantitative estimate of drug-likeness (QED) is 0.228. The molecule has 0 atom stereocenters. The van der Waals surface area contributed by atoms with Gasteiger partial charge in [0.1, 0.15) is 5.65 Å². The second kappa shape index (κ2) is 9.54. The Hall–Kier alpha value is -3.17. The fraction of sp³-hybridized carbons (Fsp3) is 0.435. The molecule has 1 aliphatic heterocycles. The highest BCUT2D eigenvalue weighted by molar-refractivity contribution is 5.77. The van der Waals surface area contributed by atoms with Gasteiger partial charge in [-0.2, -0.15) is 4.98 Å². The molecule has 3 aromatic rings. The SMILES string of the molecule is Cc1cc2cn(-c3ccc(CNCCCN/C(N)=N\CC4(C)COC4)cc3)c(=O)nc2[nH]1. The van der Waals surface area contributed by atoms with Gasteiger partial charge >= 0.3 is 5.69 Å². The lowest BCUT2D eigenvalue weighted by molar-refractivity contribution is -0.0945. The van der Waals surface area contributed by atoms with E-state index in [0.717, 1.165) is 61.6 Å². The summed E-state index contributed by atoms with van der Waals surface area (Å²) in [5, 5.41) is 7.49. The maximum absolute atomic E-state index is 12.3. The zero-order chi connectivity index (χ0) is 22.6. The van der Waals surface area contributed by atoms with Crippen LogP contribution in [0, 0.1) is 12.3 Å². The maximum atomic E-state index is 12.3. The van der Waals surface area contributed by atoms with Crippen molar-refractivity contribution in [1.29, 1.82) is 0 Å². The molecule has 1 fully saturated rings. The van der Waals surface area contributed by atoms with Gasteiger partial charge in [-0.05, 0) is 43.7 Å². The van der Waals surface area contributed by atoms with Gasteiger partial charge in [-0.1, -0.05) is 19.1 Å². The lowest BCUT2D eigenvalue weighted by atomic mass is 9.89. The number of H-pyrrole nitrogens is 1. The second-order valence-corrected chi connectivity index (χ2v) is 8.78. The van der Waals surface area contributed by atoms with E-state index in [4.69, 9.17) is 10.5 Å². The molecular weight excluding hydrogens is 406 g/mol. The minimum atomic E-state index is -0.296. The minimum Gasteiger partial charge on any atom is -0.380 e. The number of nitrogens with zero attached hydrogens (tertiary/aromatic N) is 3. The van der Waals surface area contributed by atoms with Crippen molar-refractivity contribution in [3.8, 4) is 5.69 Å². The third-order valence-corrected chi connectivity index (χ3v) is 5.55. The predicted molar refractivity (Wildman–Crippen MR) is 126 cm³/mol. The number of benzene rings is 1. The van der Waals surface area contributed by atoms with Gasteiger partial charge in [-0.25, -0.2) is 4.79 Å². The van der Waals surface area contributed by atoms with E-state index in [1.165, 1.54) is 0 Å². The molecule has 1 aromatic carbocycles. The number of aliphatic imine (C=N–C) groups is 1. The van der Waals surface area contributed by atoms with Crippen molar-refractivity contribution in [2.45, 2.75) is 26.8 Å². The van der Waals surface area contributed by atoms with E-state index in [-0.39, 0.29) is 11.1 Å². The summed E-state index contributed by atoms with van der Waals surface area (Å²) in [6, 6.07) is 9.91. The van der Waals surface area contributed by atoms with Gasteiger partial charge in [-0.3, -0.25) is 9.56 Å². The molecule has 0 amide bonds. The molecule has 0 bridgehead atoms. The number of fused-ring (bicyclic) bond motifs is 1. The molecule has 3 heterocycles. The summed E-state index contributed by atoms with van der Waals surface area (Å²) in [7, 11) is 0. The second-order valence-electron chi connectivity index (χ2n) is 8.78. The minimum absolute atomic E-state index is 0.140. The highest BCUT2D eigenvalue weighted by Crippen LogP contribution is 2.26. The first-order valence-corrected chi connectivity index (χ1v) is 10.9. The number of rotatable bonds is 9. The lowest BCUT2D eigenvalue weighted by Gasteiger charge is -2.36. The summed E-state index contributed by atoms with van der Waals surface area (Å²) in [5.41, 5.74) is 9.31. The fourth-order valence-electron chi connectivity index (χ4n) is 3.63.